The van der Waals surface area contributed by atoms with Crippen LogP contribution in [-0.2, 0) is 163 Å². The van der Waals surface area contributed by atoms with Gasteiger partial charge in [-0.25, -0.2) is 19.2 Å². The van der Waals surface area contributed by atoms with E-state index in [-0.39, 0.29) is 70.7 Å². The van der Waals surface area contributed by atoms with E-state index in [9.17, 15) is 47.9 Å². The van der Waals surface area contributed by atoms with E-state index in [4.69, 9.17) is 71.7 Å². The summed E-state index contributed by atoms with van der Waals surface area (Å²) in [5.41, 5.74) is 12.2. The molecule has 2 amide bonds. The van der Waals surface area contributed by atoms with Crippen LogP contribution >= 0.6 is 0 Å². The van der Waals surface area contributed by atoms with Crippen molar-refractivity contribution in [1.29, 1.82) is 0 Å². The zero-order chi connectivity index (χ0) is 102. The van der Waals surface area contributed by atoms with E-state index in [2.05, 4.69) is 44.5 Å². The number of nitrogens with two attached hydrogens (primary N) is 1. The maximum absolute atomic E-state index is 14.1. The Morgan fingerprint density at radius 3 is 0.770 bits per heavy atom. The highest BCUT2D eigenvalue weighted by Gasteiger charge is 2.47. The molecule has 2 unspecified atom stereocenters. The van der Waals surface area contributed by atoms with Crippen LogP contribution in [0.2, 0.25) is 18.1 Å². The quantitative estimate of drug-likeness (QED) is 0.0181. The number of hydrogen-bond donors (Lipinski definition) is 3. The number of nitrogens with one attached hydrogen (secondary N) is 2. The van der Waals surface area contributed by atoms with Crippen LogP contribution in [0, 0.1) is 29.6 Å². The molecular weight excluding hydrogens is 1790 g/mol. The fourth-order valence-corrected chi connectivity index (χ4v) is 15.0. The Bertz CT molecular complexity index is 5170. The highest BCUT2D eigenvalue weighted by Crippen LogP contribution is 2.40. The highest BCUT2D eigenvalue weighted by atomic mass is 28.4. The molecule has 0 heterocycles. The van der Waals surface area contributed by atoms with E-state index < -0.39 is 164 Å². The van der Waals surface area contributed by atoms with E-state index in [0.717, 1.165) is 50.1 Å². The first-order valence-electron chi connectivity index (χ1n) is 47.0. The van der Waals surface area contributed by atoms with Crippen molar-refractivity contribution in [2.75, 3.05) is 19.8 Å². The zero-order valence-corrected chi connectivity index (χ0v) is 84.4. The standard InChI is InChI=1S/C40H55NO8Si.C38H47NO9.C33H39NO7/c1-29(47-37(43)34(41-38(44)48-39(2,3)4)28-45-26-31-21-15-11-16-22-31)35(49-50(8,9)40(5,6)7)33(25-30-19-13-10-14-20-30)36(42)46-27-32-23-17-12-18-24-32;1-26(2)34(40)47-33(31(22-28-16-10-7-11-17-28)35(41)45-24-30-20-14-9-15-21-30)27(3)46-36(42)32(39-37(43)48-38(4,5)6)25-44-23-29-18-12-8-13-19-29;1-23(2)31(35)41-30(24(3)40-33(37)29(34)22-38-20-26-15-9-5-10-16-26)28(19-25-13-7-4-8-14-25)32(36)39-21-27-17-11-6-12-18-27/h10-24,29,33-35H,25-28H2,1-9H3,(H,41,44);7-21,26-27,31-33H,22-25H2,1-6H3,(H,39,43);4-18,23-24,28-30H,19-22,34H2,1-3H3/t29-,33+,34?,35+;27-,31+,32?,33-;24-,28+,29-,30-/m000/s1. The third-order valence-corrected chi connectivity index (χ3v) is 26.6. The topological polar surface area (TPSA) is 350 Å². The van der Waals surface area contributed by atoms with Gasteiger partial charge in [-0.05, 0) is 150 Å². The second-order valence-corrected chi connectivity index (χ2v) is 42.8. The summed E-state index contributed by atoms with van der Waals surface area (Å²) in [6.45, 7) is 32.7. The van der Waals surface area contributed by atoms with Crippen LogP contribution in [-0.4, -0.2) is 154 Å². The second-order valence-electron chi connectivity index (χ2n) is 38.1. The smallest absolute Gasteiger partial charge is 0.408 e. The van der Waals surface area contributed by atoms with Crippen LogP contribution in [0.3, 0.4) is 0 Å². The Hall–Kier alpha value is -12.7. The minimum absolute atomic E-state index is 0.00458. The minimum atomic E-state index is -2.55. The van der Waals surface area contributed by atoms with Gasteiger partial charge in [-0.15, -0.1) is 0 Å². The number of carbonyl (C=O) groups excluding carboxylic acids is 10. The number of rotatable bonds is 47. The predicted molar refractivity (Wildman–Crippen MR) is 530 cm³/mol. The minimum Gasteiger partial charge on any atom is -0.461 e. The van der Waals surface area contributed by atoms with Crippen molar-refractivity contribution >= 4 is 68.3 Å². The van der Waals surface area contributed by atoms with Gasteiger partial charge in [-0.3, -0.25) is 28.8 Å². The van der Waals surface area contributed by atoms with Gasteiger partial charge in [0.25, 0.3) is 0 Å². The Morgan fingerprint density at radius 2 is 0.518 bits per heavy atom. The van der Waals surface area contributed by atoms with E-state index in [1.165, 1.54) is 6.92 Å². The van der Waals surface area contributed by atoms with Crippen molar-refractivity contribution in [2.24, 2.45) is 35.3 Å². The van der Waals surface area contributed by atoms with Gasteiger partial charge < -0.3 is 82.4 Å². The lowest BCUT2D eigenvalue weighted by Gasteiger charge is -2.42. The summed E-state index contributed by atoms with van der Waals surface area (Å²) >= 11 is 0. The van der Waals surface area contributed by atoms with Crippen LogP contribution in [0.1, 0.15) is 161 Å². The first kappa shape index (κ1) is 113. The zero-order valence-electron chi connectivity index (χ0n) is 83.4. The molecular formula is C111H141N3O24Si. The largest absolute Gasteiger partial charge is 0.461 e. The van der Waals surface area contributed by atoms with E-state index in [1.807, 2.05) is 273 Å². The molecule has 0 aliphatic heterocycles. The predicted octanol–water partition coefficient (Wildman–Crippen LogP) is 18.9. The fraction of sp³-hybridized carbons (Fsp3) is 0.423. The number of hydrogen-bond acceptors (Lipinski definition) is 25. The second kappa shape index (κ2) is 57.6. The molecule has 0 aromatic heterocycles. The summed E-state index contributed by atoms with van der Waals surface area (Å²) in [6.07, 6.45) is -7.21. The van der Waals surface area contributed by atoms with Gasteiger partial charge in [-0.2, -0.15) is 0 Å². The fourth-order valence-electron chi connectivity index (χ4n) is 13.6. The molecule has 9 aromatic carbocycles. The van der Waals surface area contributed by atoms with Gasteiger partial charge in [0.05, 0.1) is 63.5 Å². The molecule has 0 spiro atoms. The molecule has 0 aliphatic rings. The molecule has 0 saturated carbocycles. The van der Waals surface area contributed by atoms with Gasteiger partial charge in [0.2, 0.25) is 0 Å². The molecule has 27 nitrogen and oxygen atoms in total. The Morgan fingerprint density at radius 1 is 0.288 bits per heavy atom. The van der Waals surface area contributed by atoms with Crippen LogP contribution < -0.4 is 16.4 Å². The highest BCUT2D eigenvalue weighted by molar-refractivity contribution is 6.74. The van der Waals surface area contributed by atoms with Crippen LogP contribution in [0.25, 0.3) is 0 Å². The van der Waals surface area contributed by atoms with E-state index >= 15 is 0 Å². The van der Waals surface area contributed by atoms with Crippen LogP contribution in [0.5, 0.6) is 0 Å². The molecule has 4 N–H and O–H groups in total. The van der Waals surface area contributed by atoms with Crippen molar-refractivity contribution in [1.82, 2.24) is 10.6 Å². The molecule has 748 valence electrons. The van der Waals surface area contributed by atoms with Crippen molar-refractivity contribution in [3.8, 4) is 0 Å². The molecule has 0 radical (unpaired) electrons. The number of alkyl carbamates (subject to hydrolysis) is 2. The summed E-state index contributed by atoms with van der Waals surface area (Å²) < 4.78 is 81.6. The van der Waals surface area contributed by atoms with E-state index in [1.54, 1.807) is 83.1 Å². The number of amides is 2. The van der Waals surface area contributed by atoms with Crippen molar-refractivity contribution < 1.29 is 114 Å². The maximum atomic E-state index is 14.1. The van der Waals surface area contributed by atoms with Crippen molar-refractivity contribution in [3.63, 3.8) is 0 Å². The molecule has 28 heteroatoms. The van der Waals surface area contributed by atoms with Gasteiger partial charge in [-0.1, -0.05) is 321 Å². The number of carbonyl (C=O) groups is 10. The molecule has 9 rings (SSSR count). The summed E-state index contributed by atoms with van der Waals surface area (Å²) in [5, 5.41) is 4.94. The summed E-state index contributed by atoms with van der Waals surface area (Å²) in [6, 6.07) is 80.9. The van der Waals surface area contributed by atoms with Crippen LogP contribution in [0.4, 0.5) is 9.59 Å². The first-order chi connectivity index (χ1) is 66.0. The molecule has 0 fully saturated rings. The lowest BCUT2D eigenvalue weighted by atomic mass is 9.90. The van der Waals surface area contributed by atoms with Crippen LogP contribution in [0.15, 0.2) is 273 Å². The molecule has 9 aromatic rings. The van der Waals surface area contributed by atoms with Gasteiger partial charge in [0.1, 0.15) is 67.2 Å². The average molecular weight is 1930 g/mol. The van der Waals surface area contributed by atoms with E-state index in [0.29, 0.717) is 13.0 Å². The SMILES string of the molecule is CC(C)C(=O)O[C@@H]([C@H](C)OC(=O)C(COCc1ccccc1)NC(=O)OC(C)(C)C)[C@@H](Cc1ccccc1)C(=O)OCc1ccccc1.CC(C)C(=O)O[C@@H]([C@H](C)OC(=O)[C@@H](N)COCc1ccccc1)[C@@H](Cc1ccccc1)C(=O)OCc1ccccc1.C[C@H](OC(=O)C(COCc1ccccc1)NC(=O)OC(C)(C)C)[C@@H](O[Si](C)(C)C(C)(C)C)[C@@H](Cc1ccccc1)C(=O)OCc1ccccc1. The Labute approximate surface area is 820 Å². The summed E-state index contributed by atoms with van der Waals surface area (Å²) in [4.78, 5) is 133. The Balaban J connectivity index is 0.000000285. The number of ether oxygens (including phenoxy) is 13. The molecule has 0 aliphatic carbocycles. The number of esters is 8. The van der Waals surface area contributed by atoms with Crippen molar-refractivity contribution in [3.05, 3.63) is 323 Å². The van der Waals surface area contributed by atoms with Crippen molar-refractivity contribution in [2.45, 2.75) is 254 Å². The third kappa shape index (κ3) is 42.3. The van der Waals surface area contributed by atoms with Gasteiger partial charge in [0.15, 0.2) is 32.6 Å². The lowest BCUT2D eigenvalue weighted by Crippen LogP contribution is -2.53. The van der Waals surface area contributed by atoms with Gasteiger partial charge >= 0.3 is 59.9 Å². The average Bonchev–Trinajstić information content (AvgIpc) is 0.790. The molecule has 12 atom stereocenters. The third-order valence-electron chi connectivity index (χ3n) is 22.1. The first-order valence-corrected chi connectivity index (χ1v) is 50.0. The monoisotopic (exact) mass is 1930 g/mol. The normalized spacial score (nSPS) is 14.1. The molecule has 0 saturated heterocycles. The number of benzene rings is 9. The maximum Gasteiger partial charge on any atom is 0.408 e. The Kier molecular flexibility index (Phi) is 47.0. The molecule has 0 bridgehead atoms. The summed E-state index contributed by atoms with van der Waals surface area (Å²) in [7, 11) is -2.55. The molecule has 139 heavy (non-hydrogen) atoms. The summed E-state index contributed by atoms with van der Waals surface area (Å²) in [5.74, 6) is -8.87. The lowest BCUT2D eigenvalue weighted by molar-refractivity contribution is -0.182. The van der Waals surface area contributed by atoms with Gasteiger partial charge in [0, 0.05) is 0 Å².